The summed E-state index contributed by atoms with van der Waals surface area (Å²) in [6, 6.07) is -1.01. The van der Waals surface area contributed by atoms with E-state index in [0.29, 0.717) is 26.3 Å². The molecule has 1 N–H and O–H groups in total. The SMILES string of the molecule is O=C([O-])C1=C(N2CCOCC2)CC2C(C(O)C(F)(F)F)C(=O)N12.[Na+]. The number of carbonyl (C=O) groups is 2. The van der Waals surface area contributed by atoms with E-state index < -0.39 is 41.8 Å². The van der Waals surface area contributed by atoms with E-state index in [1.54, 1.807) is 4.90 Å². The second-order valence-corrected chi connectivity index (χ2v) is 5.67. The molecule has 0 aromatic heterocycles. The minimum Gasteiger partial charge on any atom is -0.543 e. The minimum absolute atomic E-state index is 0. The maximum atomic E-state index is 12.7. The predicted octanol–water partition coefficient (Wildman–Crippen LogP) is -4.56. The van der Waals surface area contributed by atoms with Gasteiger partial charge < -0.3 is 29.5 Å². The van der Waals surface area contributed by atoms with Gasteiger partial charge in [-0.15, -0.1) is 0 Å². The van der Waals surface area contributed by atoms with E-state index in [-0.39, 0.29) is 41.7 Å². The summed E-state index contributed by atoms with van der Waals surface area (Å²) in [4.78, 5) is 25.8. The maximum absolute atomic E-state index is 12.7. The number of carboxylic acid groups (broad SMARTS) is 1. The summed E-state index contributed by atoms with van der Waals surface area (Å²) < 4.78 is 43.2. The minimum atomic E-state index is -4.93. The van der Waals surface area contributed by atoms with Crippen LogP contribution in [0, 0.1) is 5.92 Å². The predicted molar refractivity (Wildman–Crippen MR) is 65.2 cm³/mol. The Kier molecular flexibility index (Phi) is 5.55. The molecule has 0 aromatic rings. The van der Waals surface area contributed by atoms with Crippen LogP contribution >= 0.6 is 0 Å². The van der Waals surface area contributed by atoms with Gasteiger partial charge in [0.15, 0.2) is 6.10 Å². The third-order valence-electron chi connectivity index (χ3n) is 4.45. The molecular weight excluding hydrogens is 344 g/mol. The van der Waals surface area contributed by atoms with Crippen LogP contribution in [-0.4, -0.2) is 71.4 Å². The van der Waals surface area contributed by atoms with E-state index in [2.05, 4.69) is 0 Å². The summed E-state index contributed by atoms with van der Waals surface area (Å²) in [5.41, 5.74) is -0.129. The first-order valence-corrected chi connectivity index (χ1v) is 7.08. The molecule has 128 valence electrons. The number of rotatable bonds is 3. The summed E-state index contributed by atoms with van der Waals surface area (Å²) in [5.74, 6) is -4.33. The van der Waals surface area contributed by atoms with Crippen LogP contribution in [0.25, 0.3) is 0 Å². The Labute approximate surface area is 157 Å². The number of aliphatic carboxylic acids is 1. The van der Waals surface area contributed by atoms with Crippen molar-refractivity contribution in [1.82, 2.24) is 9.80 Å². The summed E-state index contributed by atoms with van der Waals surface area (Å²) >= 11 is 0. The molecule has 2 saturated heterocycles. The van der Waals surface area contributed by atoms with Crippen molar-refractivity contribution in [1.29, 1.82) is 0 Å². The number of nitrogens with zero attached hydrogens (tertiary/aromatic N) is 2. The largest absolute Gasteiger partial charge is 1.00 e. The van der Waals surface area contributed by atoms with E-state index in [9.17, 15) is 33.0 Å². The van der Waals surface area contributed by atoms with Gasteiger partial charge in [0, 0.05) is 25.2 Å². The van der Waals surface area contributed by atoms with Crippen LogP contribution in [-0.2, 0) is 14.3 Å². The van der Waals surface area contributed by atoms with E-state index in [0.717, 1.165) is 4.90 Å². The van der Waals surface area contributed by atoms with Crippen molar-refractivity contribution < 1.29 is 67.3 Å². The molecule has 3 rings (SSSR count). The fraction of sp³-hybridized carbons (Fsp3) is 0.692. The second-order valence-electron chi connectivity index (χ2n) is 5.67. The topological polar surface area (TPSA) is 93.1 Å². The number of fused-ring (bicyclic) bond motifs is 1. The molecule has 3 aliphatic rings. The maximum Gasteiger partial charge on any atom is 1.00 e. The van der Waals surface area contributed by atoms with Crippen molar-refractivity contribution in [2.45, 2.75) is 24.7 Å². The van der Waals surface area contributed by atoms with Crippen LogP contribution in [0.2, 0.25) is 0 Å². The molecule has 1 amide bonds. The number of β-lactam (4-membered cyclic amide) rings is 1. The summed E-state index contributed by atoms with van der Waals surface area (Å²) in [6.45, 7) is 1.48. The Morgan fingerprint density at radius 3 is 2.42 bits per heavy atom. The molecule has 0 saturated carbocycles. The number of carbonyl (C=O) groups excluding carboxylic acids is 2. The Hall–Kier alpha value is -0.810. The molecule has 0 bridgehead atoms. The van der Waals surface area contributed by atoms with E-state index in [4.69, 9.17) is 4.74 Å². The zero-order chi connectivity index (χ0) is 16.9. The van der Waals surface area contributed by atoms with E-state index >= 15 is 0 Å². The zero-order valence-corrected chi connectivity index (χ0v) is 14.9. The molecule has 7 nitrogen and oxygen atoms in total. The fourth-order valence-corrected chi connectivity index (χ4v) is 3.37. The van der Waals surface area contributed by atoms with Crippen molar-refractivity contribution in [3.63, 3.8) is 0 Å². The van der Waals surface area contributed by atoms with Gasteiger partial charge in [0.05, 0.1) is 36.8 Å². The molecular formula is C13H14F3N2NaO5. The average Bonchev–Trinajstić information content (AvgIpc) is 2.83. The van der Waals surface area contributed by atoms with Gasteiger partial charge in [0.25, 0.3) is 0 Å². The Morgan fingerprint density at radius 2 is 1.92 bits per heavy atom. The van der Waals surface area contributed by atoms with Crippen LogP contribution in [0.3, 0.4) is 0 Å². The third kappa shape index (κ3) is 3.05. The molecule has 0 radical (unpaired) electrons. The molecule has 0 aliphatic carbocycles. The average molecular weight is 358 g/mol. The molecule has 0 aromatic carbocycles. The van der Waals surface area contributed by atoms with Crippen LogP contribution < -0.4 is 34.7 Å². The third-order valence-corrected chi connectivity index (χ3v) is 4.45. The van der Waals surface area contributed by atoms with Crippen molar-refractivity contribution in [2.75, 3.05) is 26.3 Å². The standard InChI is InChI=1S/C13H15F3N2O5.Na/c14-13(15,16)10(19)8-6-5-7(17-1-3-23-4-2-17)9(12(21)22)18(6)11(8)20;/h6,8,10,19H,1-5H2,(H,21,22);/q;+1/p-1. The number of morpholine rings is 1. The molecule has 3 aliphatic heterocycles. The second kappa shape index (κ2) is 6.83. The van der Waals surface area contributed by atoms with Crippen molar-refractivity contribution in [3.05, 3.63) is 11.4 Å². The molecule has 3 atom stereocenters. The number of halogens is 3. The number of hydrogen-bond donors (Lipinski definition) is 1. The van der Waals surface area contributed by atoms with Crippen LogP contribution in [0.1, 0.15) is 6.42 Å². The normalized spacial score (nSPS) is 28.2. The van der Waals surface area contributed by atoms with Gasteiger partial charge in [-0.2, -0.15) is 13.2 Å². The monoisotopic (exact) mass is 358 g/mol. The molecule has 3 unspecified atom stereocenters. The number of ether oxygens (including phenoxy) is 1. The van der Waals surface area contributed by atoms with Gasteiger partial charge in [0.2, 0.25) is 5.91 Å². The number of hydrogen-bond acceptors (Lipinski definition) is 6. The first-order valence-electron chi connectivity index (χ1n) is 7.08. The number of amides is 1. The van der Waals surface area contributed by atoms with Crippen LogP contribution in [0.4, 0.5) is 13.2 Å². The Bertz CT molecular complexity index is 576. The zero-order valence-electron chi connectivity index (χ0n) is 12.9. The van der Waals surface area contributed by atoms with E-state index in [1.165, 1.54) is 0 Å². The smallest absolute Gasteiger partial charge is 0.543 e. The van der Waals surface area contributed by atoms with Gasteiger partial charge in [-0.3, -0.25) is 4.79 Å². The quantitative estimate of drug-likeness (QED) is 0.404. The number of carboxylic acids is 1. The summed E-state index contributed by atoms with van der Waals surface area (Å²) in [7, 11) is 0. The fourth-order valence-electron chi connectivity index (χ4n) is 3.37. The molecule has 24 heavy (non-hydrogen) atoms. The van der Waals surface area contributed by atoms with Gasteiger partial charge in [-0.25, -0.2) is 0 Å². The number of aliphatic hydroxyl groups excluding tert-OH is 1. The first kappa shape index (κ1) is 19.5. The molecule has 0 spiro atoms. The van der Waals surface area contributed by atoms with E-state index in [1.807, 2.05) is 0 Å². The summed E-state index contributed by atoms with van der Waals surface area (Å²) in [5, 5.41) is 20.7. The van der Waals surface area contributed by atoms with Crippen molar-refractivity contribution in [3.8, 4) is 0 Å². The Morgan fingerprint density at radius 1 is 1.33 bits per heavy atom. The number of aliphatic hydroxyl groups is 1. The van der Waals surface area contributed by atoms with Gasteiger partial charge in [-0.1, -0.05) is 0 Å². The molecule has 2 fully saturated rings. The number of alkyl halides is 3. The summed E-state index contributed by atoms with van der Waals surface area (Å²) in [6.07, 6.45) is -7.79. The molecule has 11 heteroatoms. The van der Waals surface area contributed by atoms with Crippen molar-refractivity contribution in [2.24, 2.45) is 5.92 Å². The van der Waals surface area contributed by atoms with Gasteiger partial charge in [0.1, 0.15) is 0 Å². The van der Waals surface area contributed by atoms with Crippen molar-refractivity contribution >= 4 is 11.9 Å². The molecule has 3 heterocycles. The van der Waals surface area contributed by atoms with Gasteiger partial charge in [-0.05, 0) is 0 Å². The van der Waals surface area contributed by atoms with Gasteiger partial charge >= 0.3 is 35.7 Å². The van der Waals surface area contributed by atoms with Crippen LogP contribution in [0.15, 0.2) is 11.4 Å². The Balaban J connectivity index is 0.00000208. The van der Waals surface area contributed by atoms with Crippen LogP contribution in [0.5, 0.6) is 0 Å². The first-order chi connectivity index (χ1) is 10.7.